The van der Waals surface area contributed by atoms with Crippen LogP contribution in [0.15, 0.2) is 0 Å². The Bertz CT molecular complexity index is 439. The van der Waals surface area contributed by atoms with Crippen LogP contribution in [0, 0.1) is 0 Å². The van der Waals surface area contributed by atoms with Gasteiger partial charge < -0.3 is 20.1 Å². The van der Waals surface area contributed by atoms with Gasteiger partial charge in [-0.3, -0.25) is 14.5 Å². The molecule has 0 radical (unpaired) electrons. The summed E-state index contributed by atoms with van der Waals surface area (Å²) in [5, 5.41) is 11.5. The first-order valence-electron chi connectivity index (χ1n) is 6.61. The molecule has 1 unspecified atom stereocenters. The summed E-state index contributed by atoms with van der Waals surface area (Å²) in [6, 6.07) is -1.82. The van der Waals surface area contributed by atoms with Crippen LogP contribution in [0.4, 0.5) is 4.79 Å². The maximum absolute atomic E-state index is 12.3. The van der Waals surface area contributed by atoms with Crippen molar-refractivity contribution in [1.29, 1.82) is 0 Å². The van der Waals surface area contributed by atoms with Gasteiger partial charge in [0, 0.05) is 13.1 Å². The Balaban J connectivity index is 2.82. The van der Waals surface area contributed by atoms with Gasteiger partial charge in [0.25, 0.3) is 0 Å². The third-order valence-electron chi connectivity index (χ3n) is 2.99. The number of carboxylic acids is 1. The predicted molar refractivity (Wildman–Crippen MR) is 70.4 cm³/mol. The molecule has 3 amide bonds. The third kappa shape index (κ3) is 4.33. The molecule has 118 valence electrons. The van der Waals surface area contributed by atoms with Crippen LogP contribution in [0.25, 0.3) is 0 Å². The highest BCUT2D eigenvalue weighted by Crippen LogP contribution is 2.09. The number of rotatable bonds is 5. The van der Waals surface area contributed by atoms with Gasteiger partial charge in [0.1, 0.15) is 19.1 Å². The van der Waals surface area contributed by atoms with Crippen LogP contribution in [0.5, 0.6) is 0 Å². The van der Waals surface area contributed by atoms with E-state index in [1.807, 2.05) is 0 Å². The van der Waals surface area contributed by atoms with Crippen molar-refractivity contribution in [3.8, 4) is 0 Å². The molecule has 0 aliphatic carbocycles. The number of urea groups is 1. The number of ether oxygens (including phenoxy) is 1. The van der Waals surface area contributed by atoms with E-state index in [1.165, 1.54) is 0 Å². The number of esters is 1. The molecule has 0 spiro atoms. The lowest BCUT2D eigenvalue weighted by molar-refractivity contribution is -0.144. The van der Waals surface area contributed by atoms with Gasteiger partial charge in [0.15, 0.2) is 0 Å². The van der Waals surface area contributed by atoms with E-state index in [2.05, 4.69) is 5.32 Å². The number of piperazine rings is 1. The molecular formula is C12H19N3O6. The summed E-state index contributed by atoms with van der Waals surface area (Å²) in [6.07, 6.45) is 0. The van der Waals surface area contributed by atoms with E-state index in [-0.39, 0.29) is 32.8 Å². The minimum Gasteiger partial charge on any atom is -0.480 e. The summed E-state index contributed by atoms with van der Waals surface area (Å²) in [5.41, 5.74) is 0. The lowest BCUT2D eigenvalue weighted by Gasteiger charge is -2.35. The lowest BCUT2D eigenvalue weighted by Crippen LogP contribution is -2.62. The maximum atomic E-state index is 12.3. The Kier molecular flexibility index (Phi) is 5.94. The number of nitrogens with zero attached hydrogens (tertiary/aromatic N) is 2. The van der Waals surface area contributed by atoms with E-state index in [4.69, 9.17) is 9.84 Å². The molecule has 1 aliphatic heterocycles. The second-order valence-electron chi connectivity index (χ2n) is 4.39. The number of amides is 3. The van der Waals surface area contributed by atoms with Crippen molar-refractivity contribution in [2.75, 3.05) is 32.8 Å². The molecule has 9 nitrogen and oxygen atoms in total. The molecule has 9 heteroatoms. The molecule has 0 aromatic heterocycles. The van der Waals surface area contributed by atoms with Gasteiger partial charge in [-0.05, 0) is 13.8 Å². The summed E-state index contributed by atoms with van der Waals surface area (Å²) in [4.78, 5) is 48.4. The third-order valence-corrected chi connectivity index (χ3v) is 2.99. The molecule has 0 bridgehead atoms. The molecule has 1 heterocycles. The van der Waals surface area contributed by atoms with Crippen molar-refractivity contribution in [1.82, 2.24) is 15.1 Å². The number of hydrogen-bond donors (Lipinski definition) is 2. The monoisotopic (exact) mass is 301 g/mol. The SMILES string of the molecule is CCOC(=O)CN(CC)C(=O)N1CC(=O)NCC1C(=O)O. The molecule has 21 heavy (non-hydrogen) atoms. The van der Waals surface area contributed by atoms with E-state index in [0.29, 0.717) is 0 Å². The summed E-state index contributed by atoms with van der Waals surface area (Å²) in [6.45, 7) is 2.89. The molecule has 0 aromatic carbocycles. The minimum absolute atomic E-state index is 0.156. The van der Waals surface area contributed by atoms with Crippen molar-refractivity contribution in [2.45, 2.75) is 19.9 Å². The van der Waals surface area contributed by atoms with Gasteiger partial charge in [-0.25, -0.2) is 9.59 Å². The number of carbonyl (C=O) groups excluding carboxylic acids is 3. The van der Waals surface area contributed by atoms with Crippen LogP contribution in [-0.4, -0.2) is 77.6 Å². The first-order chi connectivity index (χ1) is 9.90. The predicted octanol–water partition coefficient (Wildman–Crippen LogP) is -1.12. The Morgan fingerprint density at radius 3 is 2.62 bits per heavy atom. The first-order valence-corrected chi connectivity index (χ1v) is 6.61. The van der Waals surface area contributed by atoms with E-state index in [9.17, 15) is 19.2 Å². The number of carbonyl (C=O) groups is 4. The summed E-state index contributed by atoms with van der Waals surface area (Å²) in [5.74, 6) is -2.23. The van der Waals surface area contributed by atoms with Crippen molar-refractivity contribution >= 4 is 23.9 Å². The highest BCUT2D eigenvalue weighted by molar-refractivity contribution is 5.91. The quantitative estimate of drug-likeness (QED) is 0.621. The van der Waals surface area contributed by atoms with E-state index >= 15 is 0 Å². The van der Waals surface area contributed by atoms with E-state index < -0.39 is 29.9 Å². The molecule has 1 saturated heterocycles. The molecule has 1 rings (SSSR count). The molecule has 0 aromatic rings. The van der Waals surface area contributed by atoms with Gasteiger partial charge in [0.05, 0.1) is 6.61 Å². The van der Waals surface area contributed by atoms with Crippen LogP contribution < -0.4 is 5.32 Å². The number of aliphatic carboxylic acids is 1. The largest absolute Gasteiger partial charge is 0.480 e. The molecule has 2 N–H and O–H groups in total. The smallest absolute Gasteiger partial charge is 0.328 e. The number of carboxylic acid groups (broad SMARTS) is 1. The van der Waals surface area contributed by atoms with Gasteiger partial charge in [-0.1, -0.05) is 0 Å². The number of hydrogen-bond acceptors (Lipinski definition) is 5. The normalized spacial score (nSPS) is 17.9. The average molecular weight is 301 g/mol. The van der Waals surface area contributed by atoms with Gasteiger partial charge in [-0.15, -0.1) is 0 Å². The highest BCUT2D eigenvalue weighted by atomic mass is 16.5. The van der Waals surface area contributed by atoms with Crippen LogP contribution in [0.2, 0.25) is 0 Å². The second-order valence-corrected chi connectivity index (χ2v) is 4.39. The summed E-state index contributed by atoms with van der Waals surface area (Å²) < 4.78 is 4.76. The Hall–Kier alpha value is -2.32. The van der Waals surface area contributed by atoms with Crippen molar-refractivity contribution in [3.05, 3.63) is 0 Å². The minimum atomic E-state index is -1.21. The molecule has 1 aliphatic rings. The van der Waals surface area contributed by atoms with Crippen LogP contribution >= 0.6 is 0 Å². The molecular weight excluding hydrogens is 282 g/mol. The average Bonchev–Trinajstić information content (AvgIpc) is 2.43. The highest BCUT2D eigenvalue weighted by Gasteiger charge is 2.37. The number of nitrogens with one attached hydrogen (secondary N) is 1. The Morgan fingerprint density at radius 2 is 2.10 bits per heavy atom. The van der Waals surface area contributed by atoms with E-state index in [1.54, 1.807) is 13.8 Å². The zero-order chi connectivity index (χ0) is 16.0. The molecule has 1 fully saturated rings. The van der Waals surface area contributed by atoms with E-state index in [0.717, 1.165) is 9.80 Å². The Morgan fingerprint density at radius 1 is 1.43 bits per heavy atom. The van der Waals surface area contributed by atoms with Gasteiger partial charge in [-0.2, -0.15) is 0 Å². The topological polar surface area (TPSA) is 116 Å². The summed E-state index contributed by atoms with van der Waals surface area (Å²) in [7, 11) is 0. The van der Waals surface area contributed by atoms with Gasteiger partial charge in [0.2, 0.25) is 5.91 Å². The van der Waals surface area contributed by atoms with Crippen LogP contribution in [-0.2, 0) is 19.1 Å². The standard InChI is InChI=1S/C12H19N3O6/c1-3-14(7-10(17)21-4-2)12(20)15-6-9(16)13-5-8(15)11(18)19/h8H,3-7H2,1-2H3,(H,13,16)(H,18,19). The summed E-state index contributed by atoms with van der Waals surface area (Å²) >= 11 is 0. The fourth-order valence-corrected chi connectivity index (χ4v) is 1.92. The zero-order valence-corrected chi connectivity index (χ0v) is 12.0. The molecule has 0 saturated carbocycles. The fraction of sp³-hybridized carbons (Fsp3) is 0.667. The van der Waals surface area contributed by atoms with Crippen LogP contribution in [0.3, 0.4) is 0 Å². The first kappa shape index (κ1) is 16.7. The number of likely N-dealkylation sites (N-methyl/N-ethyl adjacent to an activating group) is 1. The van der Waals surface area contributed by atoms with Gasteiger partial charge >= 0.3 is 18.0 Å². The lowest BCUT2D eigenvalue weighted by atomic mass is 10.2. The van der Waals surface area contributed by atoms with Crippen molar-refractivity contribution in [3.63, 3.8) is 0 Å². The second kappa shape index (κ2) is 7.46. The Labute approximate surface area is 121 Å². The van der Waals surface area contributed by atoms with Crippen LogP contribution in [0.1, 0.15) is 13.8 Å². The van der Waals surface area contributed by atoms with Crippen molar-refractivity contribution < 1.29 is 29.0 Å². The zero-order valence-electron chi connectivity index (χ0n) is 12.0. The molecule has 1 atom stereocenters. The fourth-order valence-electron chi connectivity index (χ4n) is 1.92. The maximum Gasteiger partial charge on any atom is 0.328 e. The van der Waals surface area contributed by atoms with Crippen molar-refractivity contribution in [2.24, 2.45) is 0 Å².